The van der Waals surface area contributed by atoms with Gasteiger partial charge >= 0.3 is 23.6 Å². The zero-order valence-electron chi connectivity index (χ0n) is 17.4. The lowest BCUT2D eigenvalue weighted by atomic mass is 10.1. The third-order valence-electron chi connectivity index (χ3n) is 4.63. The Balaban J connectivity index is 1.73. The first-order valence-electron chi connectivity index (χ1n) is 9.63. The lowest BCUT2D eigenvalue weighted by Gasteiger charge is -2.18. The molecule has 3 N–H and O–H groups in total. The molecule has 2 aromatic heterocycles. The van der Waals surface area contributed by atoms with E-state index in [1.165, 1.54) is 12.1 Å². The van der Waals surface area contributed by atoms with Crippen LogP contribution in [0.5, 0.6) is 17.5 Å². The number of nitrogens with one attached hydrogen (secondary N) is 1. The van der Waals surface area contributed by atoms with Crippen LogP contribution < -0.4 is 16.0 Å². The van der Waals surface area contributed by atoms with E-state index in [0.29, 0.717) is 10.9 Å². The first-order chi connectivity index (χ1) is 17.0. The van der Waals surface area contributed by atoms with Crippen molar-refractivity contribution in [3.05, 3.63) is 96.5 Å². The van der Waals surface area contributed by atoms with Gasteiger partial charge in [0.25, 0.3) is 5.56 Å². The molecule has 0 radical (unpaired) electrons. The van der Waals surface area contributed by atoms with Crippen LogP contribution >= 0.6 is 23.2 Å². The number of aromatic hydroxyl groups is 1. The average molecular weight is 538 g/mol. The van der Waals surface area contributed by atoms with Crippen LogP contribution in [0.2, 0.25) is 10.0 Å². The van der Waals surface area contributed by atoms with Crippen LogP contribution in [0.4, 0.5) is 8.78 Å². The molecule has 0 aliphatic carbocycles. The van der Waals surface area contributed by atoms with Gasteiger partial charge in [-0.15, -0.1) is 0 Å². The predicted molar refractivity (Wildman–Crippen MR) is 121 cm³/mol. The molecule has 2 aromatic carbocycles. The Labute approximate surface area is 208 Å². The molecule has 184 valence electrons. The van der Waals surface area contributed by atoms with E-state index in [4.69, 9.17) is 33.0 Å². The molecule has 0 spiro atoms. The number of H-pyrrole nitrogens is 1. The highest BCUT2D eigenvalue weighted by molar-refractivity contribution is 6.37. The number of rotatable bonds is 6. The molecule has 0 saturated heterocycles. The standard InChI is InChI=1S/C21H11Cl2F2N5O6/c22-11-6-10(30-20(35)28-17(32)14(29-30)18(33)34)7-12(23)15(11)36-19-26-8-13(31)16(27-19)21(24,25)9-4-2-1-3-5-9/h1-8,31H,(H,33,34)(H,28,32,35). The van der Waals surface area contributed by atoms with E-state index in [9.17, 15) is 28.3 Å². The second-order valence-electron chi connectivity index (χ2n) is 6.99. The van der Waals surface area contributed by atoms with Gasteiger partial charge in [0.05, 0.1) is 21.9 Å². The molecule has 0 saturated carbocycles. The summed E-state index contributed by atoms with van der Waals surface area (Å²) in [6, 6.07) is 8.16. The first kappa shape index (κ1) is 24.8. The number of hydrogen-bond donors (Lipinski definition) is 3. The second kappa shape index (κ2) is 9.36. The van der Waals surface area contributed by atoms with E-state index in [-0.39, 0.29) is 21.5 Å². The van der Waals surface area contributed by atoms with Crippen LogP contribution in [0.15, 0.2) is 58.3 Å². The molecular formula is C21H11Cl2F2N5O6. The maximum atomic E-state index is 15.0. The summed E-state index contributed by atoms with van der Waals surface area (Å²) in [6.45, 7) is 0. The number of halogens is 4. The van der Waals surface area contributed by atoms with E-state index in [2.05, 4.69) is 15.1 Å². The molecule has 2 heterocycles. The largest absolute Gasteiger partial charge is 0.504 e. The van der Waals surface area contributed by atoms with Crippen LogP contribution in [0, 0.1) is 0 Å². The van der Waals surface area contributed by atoms with Gasteiger partial charge in [0.1, 0.15) is 0 Å². The van der Waals surface area contributed by atoms with Crippen molar-refractivity contribution in [1.29, 1.82) is 0 Å². The lowest BCUT2D eigenvalue weighted by molar-refractivity contribution is 0.0344. The summed E-state index contributed by atoms with van der Waals surface area (Å²) in [5, 5.41) is 21.9. The molecule has 4 rings (SSSR count). The number of carboxylic acids is 1. The van der Waals surface area contributed by atoms with Gasteiger partial charge in [-0.1, -0.05) is 53.5 Å². The summed E-state index contributed by atoms with van der Waals surface area (Å²) in [7, 11) is 0. The van der Waals surface area contributed by atoms with E-state index >= 15 is 0 Å². The first-order valence-corrected chi connectivity index (χ1v) is 10.4. The summed E-state index contributed by atoms with van der Waals surface area (Å²) in [6.07, 6.45) is 0.710. The molecular weight excluding hydrogens is 527 g/mol. The van der Waals surface area contributed by atoms with Gasteiger partial charge in [-0.25, -0.2) is 9.59 Å². The highest BCUT2D eigenvalue weighted by Crippen LogP contribution is 2.41. The van der Waals surface area contributed by atoms with Gasteiger partial charge in [0.15, 0.2) is 17.2 Å². The van der Waals surface area contributed by atoms with Crippen molar-refractivity contribution in [2.45, 2.75) is 5.92 Å². The number of carbonyl (C=O) groups is 1. The van der Waals surface area contributed by atoms with Gasteiger partial charge in [0.2, 0.25) is 5.69 Å². The Morgan fingerprint density at radius 3 is 2.36 bits per heavy atom. The zero-order valence-corrected chi connectivity index (χ0v) is 19.0. The minimum atomic E-state index is -3.71. The van der Waals surface area contributed by atoms with Crippen molar-refractivity contribution in [2.24, 2.45) is 0 Å². The van der Waals surface area contributed by atoms with E-state index in [0.717, 1.165) is 24.3 Å². The van der Waals surface area contributed by atoms with Gasteiger partial charge in [-0.05, 0) is 12.1 Å². The number of aromatic carboxylic acids is 1. The molecule has 0 fully saturated rings. The maximum Gasteiger partial charge on any atom is 0.362 e. The Bertz CT molecular complexity index is 1590. The number of nitrogens with zero attached hydrogens (tertiary/aromatic N) is 4. The number of alkyl halides is 2. The Kier molecular flexibility index (Phi) is 6.43. The smallest absolute Gasteiger partial charge is 0.362 e. The SMILES string of the molecule is O=C(O)c1nn(-c2cc(Cl)c(Oc3ncc(O)c(C(F)(F)c4ccccc4)n3)c(Cl)c2)c(=O)[nH]c1=O. The van der Waals surface area contributed by atoms with Crippen LogP contribution in [0.1, 0.15) is 21.7 Å². The molecule has 0 unspecified atom stereocenters. The third-order valence-corrected chi connectivity index (χ3v) is 5.19. The van der Waals surface area contributed by atoms with Gasteiger partial charge in [-0.3, -0.25) is 9.78 Å². The molecule has 0 aliphatic heterocycles. The maximum absolute atomic E-state index is 15.0. The number of ether oxygens (including phenoxy) is 1. The number of benzene rings is 2. The molecule has 15 heteroatoms. The minimum absolute atomic E-state index is 0.149. The molecule has 11 nitrogen and oxygen atoms in total. The van der Waals surface area contributed by atoms with Crippen LogP contribution in [0.25, 0.3) is 5.69 Å². The number of hydrogen-bond acceptors (Lipinski definition) is 8. The highest BCUT2D eigenvalue weighted by Gasteiger charge is 2.39. The van der Waals surface area contributed by atoms with E-state index in [1.54, 1.807) is 11.1 Å². The number of carboxylic acid groups (broad SMARTS) is 1. The molecule has 0 bridgehead atoms. The van der Waals surface area contributed by atoms with Crippen LogP contribution in [-0.4, -0.2) is 40.9 Å². The Morgan fingerprint density at radius 1 is 1.11 bits per heavy atom. The van der Waals surface area contributed by atoms with Crippen molar-refractivity contribution in [3.63, 3.8) is 0 Å². The molecule has 4 aromatic rings. The Morgan fingerprint density at radius 2 is 1.75 bits per heavy atom. The van der Waals surface area contributed by atoms with Crippen LogP contribution in [-0.2, 0) is 5.92 Å². The second-order valence-corrected chi connectivity index (χ2v) is 7.81. The highest BCUT2D eigenvalue weighted by atomic mass is 35.5. The molecule has 0 amide bonds. The quantitative estimate of drug-likeness (QED) is 0.335. The fourth-order valence-electron chi connectivity index (χ4n) is 3.00. The fourth-order valence-corrected chi connectivity index (χ4v) is 3.55. The van der Waals surface area contributed by atoms with Gasteiger partial charge in [0, 0.05) is 5.56 Å². The summed E-state index contributed by atoms with van der Waals surface area (Å²) >= 11 is 12.4. The van der Waals surface area contributed by atoms with Crippen molar-refractivity contribution >= 4 is 29.2 Å². The summed E-state index contributed by atoms with van der Waals surface area (Å²) in [4.78, 5) is 43.9. The van der Waals surface area contributed by atoms with Crippen molar-refractivity contribution in [2.75, 3.05) is 0 Å². The topological polar surface area (TPSA) is 160 Å². The fraction of sp³-hybridized carbons (Fsp3) is 0.0476. The Hall–Kier alpha value is -4.36. The average Bonchev–Trinajstić information content (AvgIpc) is 2.82. The van der Waals surface area contributed by atoms with Gasteiger partial charge < -0.3 is 14.9 Å². The lowest BCUT2D eigenvalue weighted by Crippen LogP contribution is -2.35. The summed E-state index contributed by atoms with van der Waals surface area (Å²) < 4.78 is 35.8. The van der Waals surface area contributed by atoms with Gasteiger partial charge in [-0.2, -0.15) is 28.5 Å². The van der Waals surface area contributed by atoms with E-state index < -0.39 is 51.9 Å². The third kappa shape index (κ3) is 4.61. The molecule has 0 aliphatic rings. The normalized spacial score (nSPS) is 11.3. The van der Waals surface area contributed by atoms with E-state index in [1.807, 2.05) is 0 Å². The zero-order chi connectivity index (χ0) is 26.2. The number of aromatic nitrogens is 5. The van der Waals surface area contributed by atoms with Crippen LogP contribution in [0.3, 0.4) is 0 Å². The van der Waals surface area contributed by atoms with Crippen molar-refractivity contribution in [1.82, 2.24) is 24.7 Å². The minimum Gasteiger partial charge on any atom is -0.504 e. The van der Waals surface area contributed by atoms with Crippen molar-refractivity contribution < 1.29 is 28.5 Å². The van der Waals surface area contributed by atoms with Crippen molar-refractivity contribution in [3.8, 4) is 23.2 Å². The summed E-state index contributed by atoms with van der Waals surface area (Å²) in [5.41, 5.74) is -4.89. The molecule has 36 heavy (non-hydrogen) atoms. The number of aromatic amines is 1. The molecule has 0 atom stereocenters. The monoisotopic (exact) mass is 537 g/mol. The predicted octanol–water partition coefficient (Wildman–Crippen LogP) is 3.35. The summed E-state index contributed by atoms with van der Waals surface area (Å²) in [5.74, 6) is -6.59.